The lowest BCUT2D eigenvalue weighted by molar-refractivity contribution is -0.309. The maximum absolute atomic E-state index is 13.5. The van der Waals surface area contributed by atoms with Crippen LogP contribution in [0.2, 0.25) is 0 Å². The molecule has 4 atom stereocenters. The number of carbonyl (C=O) groups excluding carboxylic acids is 4. The van der Waals surface area contributed by atoms with E-state index in [0.29, 0.717) is 0 Å². The minimum atomic E-state index is -2.03. The van der Waals surface area contributed by atoms with Crippen LogP contribution in [0.5, 0.6) is 0 Å². The third kappa shape index (κ3) is 2.33. The summed E-state index contributed by atoms with van der Waals surface area (Å²) in [5.74, 6) is -10.6. The Morgan fingerprint density at radius 2 is 1.43 bits per heavy atom. The number of fused-ring (bicyclic) bond motifs is 1. The van der Waals surface area contributed by atoms with Gasteiger partial charge >= 0.3 is 11.9 Å². The fraction of sp³-hybridized carbons (Fsp3) is 0.600. The second-order valence-corrected chi connectivity index (χ2v) is 7.18. The summed E-state index contributed by atoms with van der Waals surface area (Å²) >= 11 is 0. The Hall–Kier alpha value is -2.40. The van der Waals surface area contributed by atoms with Gasteiger partial charge in [-0.3, -0.25) is 14.4 Å². The van der Waals surface area contributed by atoms with Crippen LogP contribution in [0.4, 0.5) is 0 Å². The Bertz CT molecular complexity index is 848. The number of carbonyl (C=O) groups is 4. The van der Waals surface area contributed by atoms with Crippen molar-refractivity contribution in [2.75, 3.05) is 42.7 Å². The molecule has 2 bridgehead atoms. The van der Waals surface area contributed by atoms with Crippen LogP contribution in [-0.2, 0) is 47.6 Å². The van der Waals surface area contributed by atoms with Crippen LogP contribution >= 0.6 is 0 Å². The third-order valence-corrected chi connectivity index (χ3v) is 6.52. The van der Waals surface area contributed by atoms with Gasteiger partial charge in [0.25, 0.3) is 0 Å². The average molecular weight is 424 g/mol. The van der Waals surface area contributed by atoms with Gasteiger partial charge in [0.2, 0.25) is 23.1 Å². The van der Waals surface area contributed by atoms with Crippen molar-refractivity contribution in [2.24, 2.45) is 23.2 Å². The molecule has 1 saturated carbocycles. The maximum Gasteiger partial charge on any atom is 0.333 e. The zero-order valence-electron chi connectivity index (χ0n) is 17.5. The molecule has 4 aliphatic rings. The molecule has 0 spiro atoms. The smallest absolute Gasteiger partial charge is 0.333 e. The van der Waals surface area contributed by atoms with Crippen LogP contribution in [0.25, 0.3) is 0 Å². The summed E-state index contributed by atoms with van der Waals surface area (Å²) < 4.78 is 32.0. The van der Waals surface area contributed by atoms with Crippen LogP contribution in [0.3, 0.4) is 0 Å². The van der Waals surface area contributed by atoms with Gasteiger partial charge in [0, 0.05) is 34.0 Å². The fourth-order valence-electron chi connectivity index (χ4n) is 5.27. The molecule has 0 aromatic heterocycles. The van der Waals surface area contributed by atoms with Gasteiger partial charge in [-0.2, -0.15) is 0 Å². The van der Waals surface area contributed by atoms with Gasteiger partial charge in [0.1, 0.15) is 5.41 Å². The number of ketones is 2. The maximum atomic E-state index is 13.5. The summed E-state index contributed by atoms with van der Waals surface area (Å²) in [6, 6.07) is 0. The molecule has 4 aliphatic carbocycles. The molecule has 0 unspecified atom stereocenters. The summed E-state index contributed by atoms with van der Waals surface area (Å²) in [7, 11) is 7.27. The van der Waals surface area contributed by atoms with E-state index in [2.05, 4.69) is 0 Å². The van der Waals surface area contributed by atoms with Crippen LogP contribution in [0.1, 0.15) is 0 Å². The molecule has 0 aromatic carbocycles. The van der Waals surface area contributed by atoms with Gasteiger partial charge in [0.15, 0.2) is 0 Å². The van der Waals surface area contributed by atoms with Crippen LogP contribution in [0, 0.1) is 23.2 Å². The van der Waals surface area contributed by atoms with E-state index in [1.807, 2.05) is 0 Å². The minimum absolute atomic E-state index is 0.0110. The number of methoxy groups -OCH3 is 6. The number of allylic oxidation sites excluding steroid dienone is 1. The first-order valence-corrected chi connectivity index (χ1v) is 9.09. The Balaban J connectivity index is 2.47. The normalized spacial score (nSPS) is 33.0. The predicted octanol–water partition coefficient (Wildman–Crippen LogP) is -0.193. The molecule has 4 rings (SSSR count). The molecule has 0 aromatic rings. The van der Waals surface area contributed by atoms with E-state index in [-0.39, 0.29) is 5.57 Å². The van der Waals surface area contributed by atoms with Crippen molar-refractivity contribution in [3.05, 3.63) is 23.8 Å². The highest BCUT2D eigenvalue weighted by atomic mass is 16.7. The summed E-state index contributed by atoms with van der Waals surface area (Å²) in [4.78, 5) is 52.3. The fourth-order valence-corrected chi connectivity index (χ4v) is 5.27. The third-order valence-electron chi connectivity index (χ3n) is 6.52. The second kappa shape index (κ2) is 7.38. The van der Waals surface area contributed by atoms with Crippen molar-refractivity contribution in [1.82, 2.24) is 0 Å². The SMILES string of the molecule is COC(=O)C1=C[C@@H]2C(=O)C(OC)(OC)[C@H]1[C@@H]1C(OC)(OC)C(=O)C=C[C@@]21C(=O)OC. The Kier molecular flexibility index (Phi) is 5.48. The highest BCUT2D eigenvalue weighted by Crippen LogP contribution is 2.64. The highest BCUT2D eigenvalue weighted by molar-refractivity contribution is 6.08. The molecule has 0 aliphatic heterocycles. The van der Waals surface area contributed by atoms with Gasteiger partial charge in [-0.1, -0.05) is 12.2 Å². The first-order valence-electron chi connectivity index (χ1n) is 9.09. The first kappa shape index (κ1) is 22.3. The number of esters is 2. The molecule has 0 N–H and O–H groups in total. The molecule has 0 heterocycles. The van der Waals surface area contributed by atoms with Gasteiger partial charge in [-0.25, -0.2) is 4.79 Å². The van der Waals surface area contributed by atoms with E-state index < -0.39 is 58.2 Å². The van der Waals surface area contributed by atoms with Gasteiger partial charge in [0.05, 0.1) is 32.0 Å². The quantitative estimate of drug-likeness (QED) is 0.418. The lowest BCUT2D eigenvalue weighted by Gasteiger charge is -2.61. The number of hydrogen-bond donors (Lipinski definition) is 0. The molecule has 10 heteroatoms. The van der Waals surface area contributed by atoms with E-state index in [4.69, 9.17) is 28.4 Å². The van der Waals surface area contributed by atoms with Gasteiger partial charge in [-0.05, 0) is 6.08 Å². The number of hydrogen-bond acceptors (Lipinski definition) is 10. The van der Waals surface area contributed by atoms with Gasteiger partial charge < -0.3 is 28.4 Å². The first-order chi connectivity index (χ1) is 14.2. The highest BCUT2D eigenvalue weighted by Gasteiger charge is 2.79. The van der Waals surface area contributed by atoms with E-state index in [1.165, 1.54) is 47.7 Å². The van der Waals surface area contributed by atoms with Crippen LogP contribution in [0.15, 0.2) is 23.8 Å². The molecule has 10 nitrogen and oxygen atoms in total. The van der Waals surface area contributed by atoms with Crippen LogP contribution < -0.4 is 0 Å². The monoisotopic (exact) mass is 424 g/mol. The van der Waals surface area contributed by atoms with Crippen molar-refractivity contribution in [3.8, 4) is 0 Å². The average Bonchev–Trinajstić information content (AvgIpc) is 2.78. The Morgan fingerprint density at radius 1 is 0.867 bits per heavy atom. The Labute approximate surface area is 173 Å². The molecule has 0 radical (unpaired) electrons. The number of rotatable bonds is 6. The van der Waals surface area contributed by atoms with Crippen molar-refractivity contribution in [3.63, 3.8) is 0 Å². The number of ether oxygens (including phenoxy) is 6. The van der Waals surface area contributed by atoms with Crippen molar-refractivity contribution < 1.29 is 47.6 Å². The van der Waals surface area contributed by atoms with E-state index in [0.717, 1.165) is 13.2 Å². The molecule has 0 saturated heterocycles. The summed E-state index contributed by atoms with van der Waals surface area (Å²) in [6.07, 6.45) is 3.79. The summed E-state index contributed by atoms with van der Waals surface area (Å²) in [6.45, 7) is 0. The predicted molar refractivity (Wildman–Crippen MR) is 97.7 cm³/mol. The lowest BCUT2D eigenvalue weighted by Crippen LogP contribution is -2.76. The molecular formula is C20H24O10. The van der Waals surface area contributed by atoms with Crippen molar-refractivity contribution in [2.45, 2.75) is 11.6 Å². The number of Topliss-reactive ketones (excluding diaryl/α,β-unsaturated/α-hetero) is 1. The molecule has 1 fully saturated rings. The van der Waals surface area contributed by atoms with E-state index in [1.54, 1.807) is 0 Å². The second-order valence-electron chi connectivity index (χ2n) is 7.18. The van der Waals surface area contributed by atoms with E-state index >= 15 is 0 Å². The minimum Gasteiger partial charge on any atom is -0.468 e. The van der Waals surface area contributed by atoms with Gasteiger partial charge in [-0.15, -0.1) is 0 Å². The zero-order valence-corrected chi connectivity index (χ0v) is 17.5. The lowest BCUT2D eigenvalue weighted by atomic mass is 9.44. The molecule has 30 heavy (non-hydrogen) atoms. The topological polar surface area (TPSA) is 124 Å². The molecular weight excluding hydrogens is 400 g/mol. The standard InChI is InChI=1S/C20H24O10/c1-25-16(23)10-9-11-15(22)20(29-5,30-6)13(10)14-18(11,17(24)26-2)8-7-12(21)19(14,27-3)28-4/h7-9,11,13-14H,1-6H3/t11-,13-,14+,18-/m1/s1. The Morgan fingerprint density at radius 3 is 1.90 bits per heavy atom. The molecule has 0 amide bonds. The largest absolute Gasteiger partial charge is 0.468 e. The van der Waals surface area contributed by atoms with Crippen LogP contribution in [-0.4, -0.2) is 77.7 Å². The molecule has 164 valence electrons. The van der Waals surface area contributed by atoms with Crippen molar-refractivity contribution in [1.29, 1.82) is 0 Å². The van der Waals surface area contributed by atoms with E-state index in [9.17, 15) is 19.2 Å². The summed E-state index contributed by atoms with van der Waals surface area (Å²) in [5, 5.41) is 0. The zero-order chi connectivity index (χ0) is 22.5. The summed E-state index contributed by atoms with van der Waals surface area (Å²) in [5.41, 5.74) is -1.69. The van der Waals surface area contributed by atoms with Crippen molar-refractivity contribution >= 4 is 23.5 Å².